The van der Waals surface area contributed by atoms with Gasteiger partial charge in [-0.2, -0.15) is 0 Å². The highest BCUT2D eigenvalue weighted by Crippen LogP contribution is 2.41. The van der Waals surface area contributed by atoms with Gasteiger partial charge in [0.05, 0.1) is 18.3 Å². The lowest BCUT2D eigenvalue weighted by molar-refractivity contribution is -0.0565. The van der Waals surface area contributed by atoms with E-state index in [1.54, 1.807) is 0 Å². The van der Waals surface area contributed by atoms with Crippen molar-refractivity contribution in [2.24, 2.45) is 0 Å². The molecule has 0 aliphatic heterocycles. The monoisotopic (exact) mass is 445 g/mol. The summed E-state index contributed by atoms with van der Waals surface area (Å²) < 4.78 is 18.2. The number of hydrogen-bond acceptors (Lipinski definition) is 6. The van der Waals surface area contributed by atoms with Crippen molar-refractivity contribution in [2.75, 3.05) is 0 Å². The molecule has 0 radical (unpaired) electrons. The smallest absolute Gasteiger partial charge is 0.192 e. The molecule has 8 heteroatoms. The van der Waals surface area contributed by atoms with Crippen LogP contribution in [0.5, 0.6) is 0 Å². The highest BCUT2D eigenvalue weighted by molar-refractivity contribution is 6.74. The van der Waals surface area contributed by atoms with Gasteiger partial charge in [-0.25, -0.2) is 4.98 Å². The average Bonchev–Trinajstić information content (AvgIpc) is 3.04. The minimum absolute atomic E-state index is 0.00755. The summed E-state index contributed by atoms with van der Waals surface area (Å²) in [7, 11) is -4.23. The molecule has 1 aromatic rings. The van der Waals surface area contributed by atoms with Gasteiger partial charge >= 0.3 is 0 Å². The predicted molar refractivity (Wildman–Crippen MR) is 122 cm³/mol. The molecule has 1 rings (SSSR count). The van der Waals surface area contributed by atoms with Gasteiger partial charge in [0.15, 0.2) is 23.0 Å². The van der Waals surface area contributed by atoms with Crippen molar-refractivity contribution in [2.45, 2.75) is 116 Å². The topological polar surface area (TPSA) is 85.0 Å². The van der Waals surface area contributed by atoms with Gasteiger partial charge in [-0.3, -0.25) is 0 Å². The van der Waals surface area contributed by atoms with Crippen molar-refractivity contribution >= 4 is 16.6 Å². The van der Waals surface area contributed by atoms with E-state index in [1.165, 1.54) is 12.7 Å². The Morgan fingerprint density at radius 1 is 0.966 bits per heavy atom. The summed E-state index contributed by atoms with van der Waals surface area (Å²) >= 11 is 0. The Labute approximate surface area is 179 Å². The number of aromatic nitrogens is 1. The van der Waals surface area contributed by atoms with E-state index in [0.29, 0.717) is 5.69 Å². The summed E-state index contributed by atoms with van der Waals surface area (Å²) in [4.78, 5) is 3.99. The highest BCUT2D eigenvalue weighted by atomic mass is 28.4. The maximum absolute atomic E-state index is 11.1. The number of aliphatic hydroxyl groups excluding tert-OH is 2. The molecule has 0 amide bonds. The van der Waals surface area contributed by atoms with E-state index >= 15 is 0 Å². The van der Waals surface area contributed by atoms with E-state index in [0.717, 1.165) is 0 Å². The lowest BCUT2D eigenvalue weighted by Crippen LogP contribution is -2.54. The Balaban J connectivity index is 3.10. The van der Waals surface area contributed by atoms with Crippen LogP contribution in [0.25, 0.3) is 0 Å². The van der Waals surface area contributed by atoms with Crippen molar-refractivity contribution in [3.63, 3.8) is 0 Å². The van der Waals surface area contributed by atoms with Crippen LogP contribution in [0.15, 0.2) is 17.1 Å². The Bertz CT molecular complexity index is 620. The molecule has 0 spiro atoms. The predicted octanol–water partition coefficient (Wildman–Crippen LogP) is 5.26. The number of aliphatic hydroxyl groups is 2. The minimum Gasteiger partial charge on any atom is -0.451 e. The number of oxazole rings is 1. The van der Waals surface area contributed by atoms with E-state index in [9.17, 15) is 10.2 Å². The Hall–Kier alpha value is -0.516. The van der Waals surface area contributed by atoms with Gasteiger partial charge in [-0.05, 0) is 43.2 Å². The fourth-order valence-corrected chi connectivity index (χ4v) is 5.38. The zero-order chi connectivity index (χ0) is 22.8. The first kappa shape index (κ1) is 26.5. The van der Waals surface area contributed by atoms with Gasteiger partial charge in [0, 0.05) is 6.42 Å². The minimum atomic E-state index is -2.17. The van der Waals surface area contributed by atoms with E-state index < -0.39 is 34.9 Å². The zero-order valence-corrected chi connectivity index (χ0v) is 22.2. The molecule has 170 valence electrons. The molecule has 0 aliphatic carbocycles. The van der Waals surface area contributed by atoms with Gasteiger partial charge in [0.1, 0.15) is 18.1 Å². The second-order valence-electron chi connectivity index (χ2n) is 11.2. The van der Waals surface area contributed by atoms with Crippen LogP contribution in [0.4, 0.5) is 0 Å². The molecule has 4 unspecified atom stereocenters. The molecular formula is C21H43NO5Si2. The second kappa shape index (κ2) is 9.32. The number of rotatable bonds is 9. The maximum Gasteiger partial charge on any atom is 0.192 e. The highest BCUT2D eigenvalue weighted by Gasteiger charge is 2.45. The van der Waals surface area contributed by atoms with Crippen LogP contribution in [0.2, 0.25) is 36.3 Å². The zero-order valence-electron chi connectivity index (χ0n) is 20.2. The number of hydrogen-bond donors (Lipinski definition) is 2. The van der Waals surface area contributed by atoms with Crippen LogP contribution in [0.3, 0.4) is 0 Å². The van der Waals surface area contributed by atoms with Crippen molar-refractivity contribution in [3.05, 3.63) is 18.4 Å². The summed E-state index contributed by atoms with van der Waals surface area (Å²) in [6, 6.07) is 0. The molecule has 1 heterocycles. The molecule has 0 aliphatic rings. The molecule has 0 bridgehead atoms. The van der Waals surface area contributed by atoms with Crippen molar-refractivity contribution in [1.29, 1.82) is 0 Å². The number of nitrogens with zero attached hydrogens (tertiary/aromatic N) is 1. The van der Waals surface area contributed by atoms with E-state index in [2.05, 4.69) is 72.7 Å². The van der Waals surface area contributed by atoms with E-state index in [4.69, 9.17) is 13.3 Å². The fraction of sp³-hybridized carbons (Fsp3) is 0.857. The Morgan fingerprint density at radius 3 is 1.86 bits per heavy atom. The van der Waals surface area contributed by atoms with Gasteiger partial charge < -0.3 is 23.5 Å². The lowest BCUT2D eigenvalue weighted by Gasteiger charge is -2.45. The molecule has 0 aromatic carbocycles. The Kier molecular flexibility index (Phi) is 8.52. The molecule has 2 N–H and O–H groups in total. The van der Waals surface area contributed by atoms with Crippen molar-refractivity contribution in [3.8, 4) is 0 Å². The molecule has 0 saturated carbocycles. The van der Waals surface area contributed by atoms with Gasteiger partial charge in [-0.15, -0.1) is 0 Å². The Morgan fingerprint density at radius 2 is 1.45 bits per heavy atom. The molecule has 29 heavy (non-hydrogen) atoms. The summed E-state index contributed by atoms with van der Waals surface area (Å²) in [5, 5.41) is 21.6. The molecule has 4 atom stereocenters. The first-order valence-electron chi connectivity index (χ1n) is 10.5. The molecule has 1 aromatic heterocycles. The average molecular weight is 446 g/mol. The molecule has 0 saturated heterocycles. The van der Waals surface area contributed by atoms with Crippen molar-refractivity contribution < 1.29 is 23.5 Å². The van der Waals surface area contributed by atoms with Crippen molar-refractivity contribution in [1.82, 2.24) is 4.98 Å². The fourth-order valence-electron chi connectivity index (χ4n) is 2.58. The van der Waals surface area contributed by atoms with Crippen LogP contribution >= 0.6 is 0 Å². The van der Waals surface area contributed by atoms with Crippen LogP contribution < -0.4 is 0 Å². The standard InChI is InChI=1S/C21H43NO5Si2/c1-15(26-28(8,9)20(2,3)4)19(27-29(10,11)21(5,6)7)18(24)12-17(23)16-13-25-14-22-16/h13-15,17-19,23-24H,12H2,1-11H3. The second-order valence-corrected chi connectivity index (χ2v) is 20.7. The summed E-state index contributed by atoms with van der Waals surface area (Å²) in [6.07, 6.45) is 0.131. The van der Waals surface area contributed by atoms with Gasteiger partial charge in [0.25, 0.3) is 0 Å². The van der Waals surface area contributed by atoms with Crippen LogP contribution in [-0.4, -0.2) is 50.1 Å². The van der Waals surface area contributed by atoms with Gasteiger partial charge in [0.2, 0.25) is 0 Å². The molecule has 6 nitrogen and oxygen atoms in total. The van der Waals surface area contributed by atoms with E-state index in [1.807, 2.05) is 6.92 Å². The SMILES string of the molecule is CC(O[Si](C)(C)C(C)(C)C)C(O[Si](C)(C)C(C)(C)C)C(O)CC(O)c1cocn1. The third-order valence-electron chi connectivity index (χ3n) is 6.62. The lowest BCUT2D eigenvalue weighted by atomic mass is 10.0. The van der Waals surface area contributed by atoms with E-state index in [-0.39, 0.29) is 22.6 Å². The summed E-state index contributed by atoms with van der Waals surface area (Å²) in [5.74, 6) is 0. The summed E-state index contributed by atoms with van der Waals surface area (Å²) in [5.41, 5.74) is 0.410. The molecule has 0 fully saturated rings. The summed E-state index contributed by atoms with van der Waals surface area (Å²) in [6.45, 7) is 23.8. The quantitative estimate of drug-likeness (QED) is 0.504. The first-order valence-corrected chi connectivity index (χ1v) is 16.3. The maximum atomic E-state index is 11.1. The third kappa shape index (κ3) is 7.00. The van der Waals surface area contributed by atoms with Crippen LogP contribution in [0, 0.1) is 0 Å². The third-order valence-corrected chi connectivity index (χ3v) is 15.7. The largest absolute Gasteiger partial charge is 0.451 e. The van der Waals surface area contributed by atoms with Crippen LogP contribution in [-0.2, 0) is 8.85 Å². The normalized spacial score (nSPS) is 18.4. The van der Waals surface area contributed by atoms with Gasteiger partial charge in [-0.1, -0.05) is 41.5 Å². The first-order chi connectivity index (χ1) is 12.9. The molecular weight excluding hydrogens is 402 g/mol. The van der Waals surface area contributed by atoms with Crippen LogP contribution in [0.1, 0.15) is 66.7 Å².